The zero-order chi connectivity index (χ0) is 14.4. The fourth-order valence-electron chi connectivity index (χ4n) is 2.70. The molecule has 0 aliphatic heterocycles. The predicted molar refractivity (Wildman–Crippen MR) is 74.4 cm³/mol. The van der Waals surface area contributed by atoms with Crippen molar-refractivity contribution < 1.29 is 14.6 Å². The summed E-state index contributed by atoms with van der Waals surface area (Å²) in [5.41, 5.74) is 0. The third-order valence-corrected chi connectivity index (χ3v) is 3.93. The number of carboxylic acids is 1. The Balaban J connectivity index is 1.99. The van der Waals surface area contributed by atoms with E-state index >= 15 is 0 Å². The van der Waals surface area contributed by atoms with Crippen molar-refractivity contribution in [1.29, 1.82) is 0 Å². The van der Waals surface area contributed by atoms with Gasteiger partial charge in [0.1, 0.15) is 6.73 Å². The monoisotopic (exact) mass is 300 g/mol. The zero-order valence-electron chi connectivity index (χ0n) is 11.3. The molecule has 0 aromatic carbocycles. The summed E-state index contributed by atoms with van der Waals surface area (Å²) in [5.74, 6) is 0.256. The lowest BCUT2D eigenvalue weighted by Crippen LogP contribution is -2.26. The van der Waals surface area contributed by atoms with Crippen LogP contribution >= 0.6 is 12.6 Å². The van der Waals surface area contributed by atoms with E-state index in [1.54, 1.807) is 0 Å². The molecule has 0 saturated heterocycles. The van der Waals surface area contributed by atoms with Gasteiger partial charge in [0.15, 0.2) is 5.82 Å². The molecule has 1 unspecified atom stereocenters. The summed E-state index contributed by atoms with van der Waals surface area (Å²) in [6, 6.07) is 0. The fraction of sp³-hybridized carbons (Fsp3) is 0.833. The Morgan fingerprint density at radius 2 is 2.25 bits per heavy atom. The highest BCUT2D eigenvalue weighted by atomic mass is 32.1. The maximum atomic E-state index is 11.5. The minimum atomic E-state index is -0.761. The van der Waals surface area contributed by atoms with Crippen molar-refractivity contribution in [2.75, 3.05) is 12.4 Å². The summed E-state index contributed by atoms with van der Waals surface area (Å²) < 4.78 is 6.85. The number of aliphatic carboxylic acids is 1. The number of thiol groups is 1. The number of nitrogens with zero attached hydrogens (tertiary/aromatic N) is 4. The number of hydrogen-bond acceptors (Lipinski definition) is 6. The Hall–Kier alpha value is -1.15. The normalized spacial score (nSPS) is 17.4. The van der Waals surface area contributed by atoms with Crippen LogP contribution in [0.3, 0.4) is 0 Å². The number of aromatic nitrogens is 4. The first-order valence-electron chi connectivity index (χ1n) is 6.89. The third-order valence-electron chi connectivity index (χ3n) is 3.74. The van der Waals surface area contributed by atoms with Crippen molar-refractivity contribution in [1.82, 2.24) is 20.2 Å². The van der Waals surface area contributed by atoms with E-state index in [0.717, 1.165) is 25.7 Å². The molecule has 1 fully saturated rings. The average molecular weight is 300 g/mol. The highest BCUT2D eigenvalue weighted by Gasteiger charge is 2.32. The van der Waals surface area contributed by atoms with Crippen LogP contribution < -0.4 is 0 Å². The van der Waals surface area contributed by atoms with E-state index in [1.807, 2.05) is 0 Å². The smallest absolute Gasteiger partial charge is 0.307 e. The molecule has 0 amide bonds. The zero-order valence-corrected chi connectivity index (χ0v) is 12.2. The van der Waals surface area contributed by atoms with Gasteiger partial charge in [-0.2, -0.15) is 12.6 Å². The molecule has 1 atom stereocenters. The highest BCUT2D eigenvalue weighted by molar-refractivity contribution is 7.80. The number of rotatable bonds is 8. The lowest BCUT2D eigenvalue weighted by atomic mass is 9.88. The molecule has 1 aromatic rings. The number of carbonyl (C=O) groups is 1. The van der Waals surface area contributed by atoms with E-state index in [-0.39, 0.29) is 12.6 Å². The summed E-state index contributed by atoms with van der Waals surface area (Å²) in [6.07, 6.45) is 4.55. The van der Waals surface area contributed by atoms with Gasteiger partial charge in [-0.05, 0) is 29.2 Å². The molecule has 1 N–H and O–H groups in total. The second-order valence-corrected chi connectivity index (χ2v) is 5.50. The quantitative estimate of drug-likeness (QED) is 0.550. The Morgan fingerprint density at radius 3 is 2.90 bits per heavy atom. The molecule has 1 heterocycles. The van der Waals surface area contributed by atoms with Crippen molar-refractivity contribution in [3.63, 3.8) is 0 Å². The van der Waals surface area contributed by atoms with Crippen molar-refractivity contribution in [3.8, 4) is 0 Å². The van der Waals surface area contributed by atoms with Gasteiger partial charge in [-0.25, -0.2) is 4.68 Å². The van der Waals surface area contributed by atoms with Crippen LogP contribution in [-0.4, -0.2) is 43.6 Å². The van der Waals surface area contributed by atoms with Gasteiger partial charge >= 0.3 is 5.97 Å². The van der Waals surface area contributed by atoms with Gasteiger partial charge in [-0.3, -0.25) is 4.79 Å². The molecule has 1 aromatic heterocycles. The SMILES string of the molecule is O=C(O)C(Cc1nnnn1COCCS)C1CCCC1. The Bertz CT molecular complexity index is 434. The standard InChI is InChI=1S/C12H20N4O3S/c17-12(18)10(9-3-1-2-4-9)7-11-13-14-15-16(11)8-19-5-6-20/h9-10,20H,1-8H2,(H,17,18). The molecule has 0 spiro atoms. The van der Waals surface area contributed by atoms with Crippen molar-refractivity contribution in [2.24, 2.45) is 11.8 Å². The molecular formula is C12H20N4O3S. The minimum absolute atomic E-state index is 0.232. The molecule has 0 radical (unpaired) electrons. The van der Waals surface area contributed by atoms with Crippen LogP contribution in [0, 0.1) is 11.8 Å². The first kappa shape index (κ1) is 15.2. The molecule has 112 valence electrons. The van der Waals surface area contributed by atoms with Crippen LogP contribution in [0.2, 0.25) is 0 Å². The van der Waals surface area contributed by atoms with Crippen molar-refractivity contribution in [3.05, 3.63) is 5.82 Å². The maximum absolute atomic E-state index is 11.5. The van der Waals surface area contributed by atoms with Crippen LogP contribution in [0.5, 0.6) is 0 Å². The number of hydrogen-bond donors (Lipinski definition) is 2. The van der Waals surface area contributed by atoms with Gasteiger partial charge in [0.25, 0.3) is 0 Å². The number of ether oxygens (including phenoxy) is 1. The third kappa shape index (κ3) is 3.92. The highest BCUT2D eigenvalue weighted by Crippen LogP contribution is 2.33. The molecule has 8 heteroatoms. The van der Waals surface area contributed by atoms with Gasteiger partial charge in [0, 0.05) is 12.2 Å². The largest absolute Gasteiger partial charge is 0.481 e. The van der Waals surface area contributed by atoms with Crippen molar-refractivity contribution in [2.45, 2.75) is 38.8 Å². The average Bonchev–Trinajstić information content (AvgIpc) is 3.07. The van der Waals surface area contributed by atoms with E-state index in [9.17, 15) is 9.90 Å². The predicted octanol–water partition coefficient (Wildman–Crippen LogP) is 1.01. The van der Waals surface area contributed by atoms with Crippen molar-refractivity contribution >= 4 is 18.6 Å². The summed E-state index contributed by atoms with van der Waals surface area (Å²) in [6.45, 7) is 0.743. The number of tetrazole rings is 1. The molecular weight excluding hydrogens is 280 g/mol. The molecule has 1 saturated carbocycles. The topological polar surface area (TPSA) is 90.1 Å². The first-order valence-corrected chi connectivity index (χ1v) is 7.52. The van der Waals surface area contributed by atoms with Crippen LogP contribution in [0.15, 0.2) is 0 Å². The van der Waals surface area contributed by atoms with Crippen LogP contribution in [0.1, 0.15) is 31.5 Å². The van der Waals surface area contributed by atoms with Crippen LogP contribution in [0.4, 0.5) is 0 Å². The lowest BCUT2D eigenvalue weighted by Gasteiger charge is -2.18. The summed E-state index contributed by atoms with van der Waals surface area (Å²) in [7, 11) is 0. The van der Waals surface area contributed by atoms with E-state index < -0.39 is 11.9 Å². The lowest BCUT2D eigenvalue weighted by molar-refractivity contribution is -0.143. The second kappa shape index (κ2) is 7.58. The second-order valence-electron chi connectivity index (χ2n) is 5.05. The first-order chi connectivity index (χ1) is 9.72. The van der Waals surface area contributed by atoms with E-state index in [0.29, 0.717) is 24.6 Å². The Labute approximate surface area is 123 Å². The molecule has 20 heavy (non-hydrogen) atoms. The molecule has 0 bridgehead atoms. The summed E-state index contributed by atoms with van der Waals surface area (Å²) in [4.78, 5) is 11.5. The van der Waals surface area contributed by atoms with Gasteiger partial charge in [0.2, 0.25) is 0 Å². The number of carboxylic acid groups (broad SMARTS) is 1. The fourth-order valence-corrected chi connectivity index (χ4v) is 2.83. The van der Waals surface area contributed by atoms with Gasteiger partial charge in [-0.15, -0.1) is 5.10 Å². The molecule has 2 rings (SSSR count). The van der Waals surface area contributed by atoms with Crippen LogP contribution in [0.25, 0.3) is 0 Å². The van der Waals surface area contributed by atoms with E-state index in [4.69, 9.17) is 4.74 Å². The van der Waals surface area contributed by atoms with Crippen LogP contribution in [-0.2, 0) is 22.7 Å². The Kier molecular flexibility index (Phi) is 5.78. The van der Waals surface area contributed by atoms with E-state index in [1.165, 1.54) is 4.68 Å². The summed E-state index contributed by atoms with van der Waals surface area (Å²) in [5, 5.41) is 20.8. The van der Waals surface area contributed by atoms with Gasteiger partial charge < -0.3 is 9.84 Å². The maximum Gasteiger partial charge on any atom is 0.307 e. The van der Waals surface area contributed by atoms with E-state index in [2.05, 4.69) is 28.2 Å². The summed E-state index contributed by atoms with van der Waals surface area (Å²) >= 11 is 4.06. The van der Waals surface area contributed by atoms with Gasteiger partial charge in [-0.1, -0.05) is 12.8 Å². The molecule has 1 aliphatic rings. The minimum Gasteiger partial charge on any atom is -0.481 e. The Morgan fingerprint density at radius 1 is 1.50 bits per heavy atom. The molecule has 1 aliphatic carbocycles. The van der Waals surface area contributed by atoms with Gasteiger partial charge in [0.05, 0.1) is 12.5 Å². The molecule has 7 nitrogen and oxygen atoms in total.